The molecule has 0 unspecified atom stereocenters. The second-order valence-corrected chi connectivity index (χ2v) is 4.60. The van der Waals surface area contributed by atoms with E-state index < -0.39 is 0 Å². The third kappa shape index (κ3) is 2.73. The molecule has 0 radical (unpaired) electrons. The van der Waals surface area contributed by atoms with Crippen LogP contribution in [0.5, 0.6) is 0 Å². The van der Waals surface area contributed by atoms with Gasteiger partial charge in [-0.2, -0.15) is 0 Å². The van der Waals surface area contributed by atoms with Gasteiger partial charge in [-0.15, -0.1) is 11.3 Å². The minimum absolute atomic E-state index is 0.659. The zero-order chi connectivity index (χ0) is 10.7. The molecule has 0 amide bonds. The maximum absolute atomic E-state index is 4.18. The number of nitrogens with zero attached hydrogens (tertiary/aromatic N) is 3. The molecular formula is C10H12N4S. The minimum atomic E-state index is 0.659. The standard InChI is InChI=1S/C10H12N4S/c1-7-3-12-10(13-4-7)14-6-9-5-11-8(2)15-9/h3-5H,6H2,1-2H3,(H,12,13,14). The van der Waals surface area contributed by atoms with Gasteiger partial charge < -0.3 is 5.32 Å². The van der Waals surface area contributed by atoms with Gasteiger partial charge in [0.05, 0.1) is 11.6 Å². The van der Waals surface area contributed by atoms with Crippen LogP contribution >= 0.6 is 11.3 Å². The van der Waals surface area contributed by atoms with Gasteiger partial charge in [0.15, 0.2) is 0 Å². The average molecular weight is 220 g/mol. The summed E-state index contributed by atoms with van der Waals surface area (Å²) in [7, 11) is 0. The Labute approximate surface area is 92.4 Å². The zero-order valence-corrected chi connectivity index (χ0v) is 9.51. The first-order chi connectivity index (χ1) is 7.24. The summed E-state index contributed by atoms with van der Waals surface area (Å²) in [6.07, 6.45) is 5.47. The number of hydrogen-bond donors (Lipinski definition) is 1. The second-order valence-electron chi connectivity index (χ2n) is 3.28. The second kappa shape index (κ2) is 4.35. The Morgan fingerprint density at radius 2 is 1.87 bits per heavy atom. The summed E-state index contributed by atoms with van der Waals surface area (Å²) in [5, 5.41) is 4.23. The Kier molecular flexibility index (Phi) is 2.91. The van der Waals surface area contributed by atoms with Crippen LogP contribution in [0.25, 0.3) is 0 Å². The van der Waals surface area contributed by atoms with Crippen LogP contribution < -0.4 is 5.32 Å². The fourth-order valence-corrected chi connectivity index (χ4v) is 1.87. The Morgan fingerprint density at radius 1 is 1.13 bits per heavy atom. The van der Waals surface area contributed by atoms with Gasteiger partial charge in [-0.1, -0.05) is 0 Å². The lowest BCUT2D eigenvalue weighted by Gasteiger charge is -2.01. The summed E-state index contributed by atoms with van der Waals surface area (Å²) in [5.74, 6) is 0.659. The minimum Gasteiger partial charge on any atom is -0.349 e. The van der Waals surface area contributed by atoms with Crippen molar-refractivity contribution < 1.29 is 0 Å². The lowest BCUT2D eigenvalue weighted by atomic mass is 10.4. The lowest BCUT2D eigenvalue weighted by molar-refractivity contribution is 1.05. The SMILES string of the molecule is Cc1cnc(NCc2cnc(C)s2)nc1. The molecule has 0 bridgehead atoms. The molecule has 2 rings (SSSR count). The van der Waals surface area contributed by atoms with E-state index in [0.717, 1.165) is 17.1 Å². The summed E-state index contributed by atoms with van der Waals surface area (Å²) in [4.78, 5) is 13.7. The molecule has 0 aliphatic rings. The van der Waals surface area contributed by atoms with E-state index in [2.05, 4.69) is 20.3 Å². The van der Waals surface area contributed by atoms with E-state index in [1.165, 1.54) is 4.88 Å². The maximum atomic E-state index is 4.18. The highest BCUT2D eigenvalue weighted by Crippen LogP contribution is 2.12. The maximum Gasteiger partial charge on any atom is 0.222 e. The average Bonchev–Trinajstić information content (AvgIpc) is 2.64. The van der Waals surface area contributed by atoms with Crippen LogP contribution in [0.15, 0.2) is 18.6 Å². The Morgan fingerprint density at radius 3 is 2.47 bits per heavy atom. The van der Waals surface area contributed by atoms with Gasteiger partial charge in [0.2, 0.25) is 5.95 Å². The zero-order valence-electron chi connectivity index (χ0n) is 8.69. The van der Waals surface area contributed by atoms with E-state index in [1.807, 2.05) is 20.0 Å². The number of aryl methyl sites for hydroxylation is 2. The van der Waals surface area contributed by atoms with E-state index >= 15 is 0 Å². The van der Waals surface area contributed by atoms with Gasteiger partial charge in [0.25, 0.3) is 0 Å². The van der Waals surface area contributed by atoms with E-state index in [9.17, 15) is 0 Å². The van der Waals surface area contributed by atoms with Gasteiger partial charge in [0, 0.05) is 23.5 Å². The van der Waals surface area contributed by atoms with E-state index in [-0.39, 0.29) is 0 Å². The summed E-state index contributed by atoms with van der Waals surface area (Å²) in [5.41, 5.74) is 1.06. The van der Waals surface area contributed by atoms with Crippen molar-refractivity contribution in [2.75, 3.05) is 5.32 Å². The van der Waals surface area contributed by atoms with Crippen molar-refractivity contribution in [1.29, 1.82) is 0 Å². The predicted molar refractivity (Wildman–Crippen MR) is 60.9 cm³/mol. The summed E-state index contributed by atoms with van der Waals surface area (Å²) in [6, 6.07) is 0. The van der Waals surface area contributed by atoms with Crippen LogP contribution in [-0.4, -0.2) is 15.0 Å². The Balaban J connectivity index is 1.96. The van der Waals surface area contributed by atoms with Crippen molar-refractivity contribution in [2.24, 2.45) is 0 Å². The van der Waals surface area contributed by atoms with Gasteiger partial charge in [0.1, 0.15) is 0 Å². The normalized spacial score (nSPS) is 10.3. The van der Waals surface area contributed by atoms with Crippen LogP contribution in [0.2, 0.25) is 0 Å². The lowest BCUT2D eigenvalue weighted by Crippen LogP contribution is -2.01. The van der Waals surface area contributed by atoms with Crippen molar-refractivity contribution in [3.05, 3.63) is 34.0 Å². The van der Waals surface area contributed by atoms with Crippen molar-refractivity contribution in [2.45, 2.75) is 20.4 Å². The topological polar surface area (TPSA) is 50.7 Å². The highest BCUT2D eigenvalue weighted by Gasteiger charge is 1.99. The van der Waals surface area contributed by atoms with Gasteiger partial charge in [-0.25, -0.2) is 15.0 Å². The highest BCUT2D eigenvalue weighted by atomic mass is 32.1. The van der Waals surface area contributed by atoms with Crippen LogP contribution in [0, 0.1) is 13.8 Å². The third-order valence-corrected chi connectivity index (χ3v) is 2.78. The van der Waals surface area contributed by atoms with Gasteiger partial charge in [-0.3, -0.25) is 0 Å². The Hall–Kier alpha value is -1.49. The molecule has 0 spiro atoms. The number of hydrogen-bond acceptors (Lipinski definition) is 5. The number of aromatic nitrogens is 3. The molecule has 0 fully saturated rings. The molecule has 2 heterocycles. The quantitative estimate of drug-likeness (QED) is 0.861. The summed E-state index contributed by atoms with van der Waals surface area (Å²) in [6.45, 7) is 4.70. The monoisotopic (exact) mass is 220 g/mol. The molecule has 2 aromatic heterocycles. The molecule has 0 atom stereocenters. The molecule has 0 saturated heterocycles. The highest BCUT2D eigenvalue weighted by molar-refractivity contribution is 7.11. The molecular weight excluding hydrogens is 208 g/mol. The molecule has 0 saturated carbocycles. The molecule has 0 aliphatic carbocycles. The largest absolute Gasteiger partial charge is 0.349 e. The van der Waals surface area contributed by atoms with Gasteiger partial charge in [-0.05, 0) is 19.4 Å². The smallest absolute Gasteiger partial charge is 0.222 e. The number of thiazole rings is 1. The molecule has 78 valence electrons. The van der Waals surface area contributed by atoms with Gasteiger partial charge >= 0.3 is 0 Å². The van der Waals surface area contributed by atoms with Crippen LogP contribution in [0.3, 0.4) is 0 Å². The first kappa shape index (κ1) is 10.0. The first-order valence-electron chi connectivity index (χ1n) is 4.68. The fourth-order valence-electron chi connectivity index (χ4n) is 1.14. The molecule has 0 aromatic carbocycles. The van der Waals surface area contributed by atoms with Crippen LogP contribution in [-0.2, 0) is 6.54 Å². The fraction of sp³-hybridized carbons (Fsp3) is 0.300. The van der Waals surface area contributed by atoms with Crippen molar-refractivity contribution >= 4 is 17.3 Å². The Bertz CT molecular complexity index is 435. The number of anilines is 1. The molecule has 1 N–H and O–H groups in total. The summed E-state index contributed by atoms with van der Waals surface area (Å²) >= 11 is 1.68. The van der Waals surface area contributed by atoms with Crippen molar-refractivity contribution in [3.8, 4) is 0 Å². The summed E-state index contributed by atoms with van der Waals surface area (Å²) < 4.78 is 0. The van der Waals surface area contributed by atoms with Crippen LogP contribution in [0.1, 0.15) is 15.4 Å². The number of rotatable bonds is 3. The first-order valence-corrected chi connectivity index (χ1v) is 5.49. The van der Waals surface area contributed by atoms with E-state index in [4.69, 9.17) is 0 Å². The number of nitrogens with one attached hydrogen (secondary N) is 1. The third-order valence-electron chi connectivity index (χ3n) is 1.87. The molecule has 5 heteroatoms. The molecule has 2 aromatic rings. The van der Waals surface area contributed by atoms with Crippen LogP contribution in [0.4, 0.5) is 5.95 Å². The van der Waals surface area contributed by atoms with Crippen molar-refractivity contribution in [1.82, 2.24) is 15.0 Å². The predicted octanol–water partition coefficient (Wildman–Crippen LogP) is 2.16. The van der Waals surface area contributed by atoms with Crippen molar-refractivity contribution in [3.63, 3.8) is 0 Å². The van der Waals surface area contributed by atoms with E-state index in [1.54, 1.807) is 23.7 Å². The molecule has 15 heavy (non-hydrogen) atoms. The van der Waals surface area contributed by atoms with E-state index in [0.29, 0.717) is 5.95 Å². The molecule has 4 nitrogen and oxygen atoms in total. The molecule has 0 aliphatic heterocycles.